The number of unbranched alkanes of at least 4 members (excludes halogenated alkanes) is 1. The fourth-order valence-corrected chi connectivity index (χ4v) is 0.321. The number of rotatable bonds is 4. The zero-order valence-corrected chi connectivity index (χ0v) is 6.00. The van der Waals surface area contributed by atoms with Crippen molar-refractivity contribution >= 4 is 6.21 Å². The molecule has 0 spiro atoms. The summed E-state index contributed by atoms with van der Waals surface area (Å²) < 4.78 is 0. The Balaban J connectivity index is 3.04. The minimum atomic E-state index is 0.984. The summed E-state index contributed by atoms with van der Waals surface area (Å²) in [5, 5.41) is 3.64. The van der Waals surface area contributed by atoms with Crippen LogP contribution in [-0.2, 0) is 4.84 Å². The Morgan fingerprint density at radius 3 is 2.89 bits per heavy atom. The lowest BCUT2D eigenvalue weighted by Gasteiger charge is -1.84. The molecule has 0 atom stereocenters. The molecule has 0 rings (SSSR count). The normalized spacial score (nSPS) is 11.3. The Kier molecular flexibility index (Phi) is 6.58. The van der Waals surface area contributed by atoms with Crippen LogP contribution >= 0.6 is 0 Å². The molecule has 0 amide bonds. The van der Waals surface area contributed by atoms with Crippen molar-refractivity contribution in [3.05, 3.63) is 12.3 Å². The average Bonchev–Trinajstić information content (AvgIpc) is 1.89. The monoisotopic (exact) mass is 127 g/mol. The van der Waals surface area contributed by atoms with Crippen molar-refractivity contribution in [2.24, 2.45) is 5.16 Å². The highest BCUT2D eigenvalue weighted by Crippen LogP contribution is 1.82. The minimum absolute atomic E-state index is 0.984. The third-order valence-corrected chi connectivity index (χ3v) is 0.750. The van der Waals surface area contributed by atoms with Crippen molar-refractivity contribution in [1.82, 2.24) is 0 Å². The van der Waals surface area contributed by atoms with Crippen molar-refractivity contribution in [3.63, 3.8) is 0 Å². The van der Waals surface area contributed by atoms with Crippen LogP contribution < -0.4 is 0 Å². The highest BCUT2D eigenvalue weighted by molar-refractivity contribution is 5.55. The van der Waals surface area contributed by atoms with E-state index in [1.54, 1.807) is 18.6 Å². The van der Waals surface area contributed by atoms with E-state index in [9.17, 15) is 0 Å². The quantitative estimate of drug-likeness (QED) is 0.322. The van der Waals surface area contributed by atoms with Gasteiger partial charge in [0.05, 0.1) is 0 Å². The van der Waals surface area contributed by atoms with Gasteiger partial charge in [-0.05, 0) is 19.4 Å². The zero-order valence-electron chi connectivity index (χ0n) is 6.00. The molecule has 0 bridgehead atoms. The summed E-state index contributed by atoms with van der Waals surface area (Å²) in [5.74, 6) is 0. The summed E-state index contributed by atoms with van der Waals surface area (Å²) in [7, 11) is 0. The van der Waals surface area contributed by atoms with Gasteiger partial charge < -0.3 is 4.84 Å². The minimum Gasteiger partial charge on any atom is -0.366 e. The molecule has 0 aromatic carbocycles. The molecule has 0 unspecified atom stereocenters. The lowest BCUT2D eigenvalue weighted by Crippen LogP contribution is -1.72. The highest BCUT2D eigenvalue weighted by atomic mass is 16.6. The molecule has 0 aliphatic carbocycles. The topological polar surface area (TPSA) is 21.6 Å². The molecule has 0 radical (unpaired) electrons. The van der Waals surface area contributed by atoms with Crippen molar-refractivity contribution in [2.45, 2.75) is 26.7 Å². The first-order chi connectivity index (χ1) is 4.41. The lowest BCUT2D eigenvalue weighted by atomic mass is 10.4. The van der Waals surface area contributed by atoms with E-state index in [1.807, 2.05) is 6.92 Å². The van der Waals surface area contributed by atoms with E-state index in [4.69, 9.17) is 0 Å². The van der Waals surface area contributed by atoms with Crippen LogP contribution in [0.2, 0.25) is 0 Å². The molecule has 0 aromatic heterocycles. The molecule has 0 aliphatic heterocycles. The van der Waals surface area contributed by atoms with E-state index in [1.165, 1.54) is 0 Å². The molecule has 0 saturated heterocycles. The maximum atomic E-state index is 4.67. The fraction of sp³-hybridized carbons (Fsp3) is 0.571. The zero-order chi connectivity index (χ0) is 6.95. The molecule has 0 heterocycles. The molecule has 2 nitrogen and oxygen atoms in total. The SMILES string of the molecule is CC=CON=CCCC. The summed E-state index contributed by atoms with van der Waals surface area (Å²) in [6.45, 7) is 3.98. The number of hydrogen-bond donors (Lipinski definition) is 0. The summed E-state index contributed by atoms with van der Waals surface area (Å²) in [5.41, 5.74) is 0. The van der Waals surface area contributed by atoms with Crippen molar-refractivity contribution in [2.75, 3.05) is 0 Å². The van der Waals surface area contributed by atoms with Crippen LogP contribution in [0.3, 0.4) is 0 Å². The maximum Gasteiger partial charge on any atom is 0.117 e. The van der Waals surface area contributed by atoms with Gasteiger partial charge in [0.2, 0.25) is 0 Å². The Bertz CT molecular complexity index is 97.1. The Morgan fingerprint density at radius 1 is 1.56 bits per heavy atom. The molecular weight excluding hydrogens is 114 g/mol. The third kappa shape index (κ3) is 7.21. The second-order valence-electron chi connectivity index (χ2n) is 1.65. The molecule has 0 N–H and O–H groups in total. The predicted molar refractivity (Wildman–Crippen MR) is 39.3 cm³/mol. The number of allylic oxidation sites excluding steroid dienone is 1. The first-order valence-electron chi connectivity index (χ1n) is 3.20. The van der Waals surface area contributed by atoms with Crippen LogP contribution in [0.4, 0.5) is 0 Å². The molecule has 0 aliphatic rings. The molecule has 0 fully saturated rings. The van der Waals surface area contributed by atoms with Crippen molar-refractivity contribution in [3.8, 4) is 0 Å². The van der Waals surface area contributed by atoms with Gasteiger partial charge in [0.25, 0.3) is 0 Å². The van der Waals surface area contributed by atoms with Crippen LogP contribution in [0.5, 0.6) is 0 Å². The highest BCUT2D eigenvalue weighted by Gasteiger charge is 1.71. The van der Waals surface area contributed by atoms with Crippen molar-refractivity contribution < 1.29 is 4.84 Å². The first-order valence-corrected chi connectivity index (χ1v) is 3.20. The number of nitrogens with zero attached hydrogens (tertiary/aromatic N) is 1. The van der Waals surface area contributed by atoms with Gasteiger partial charge in [-0.1, -0.05) is 18.5 Å². The standard InChI is InChI=1S/C7H13NO/c1-3-5-6-8-9-7-4-2/h4,6-7H,3,5H2,1-2H3. The maximum absolute atomic E-state index is 4.67. The molecule has 2 heteroatoms. The third-order valence-electron chi connectivity index (χ3n) is 0.750. The van der Waals surface area contributed by atoms with E-state index >= 15 is 0 Å². The average molecular weight is 127 g/mol. The van der Waals surface area contributed by atoms with Crippen LogP contribution in [0.1, 0.15) is 26.7 Å². The predicted octanol–water partition coefficient (Wildman–Crippen LogP) is 2.32. The summed E-state index contributed by atoms with van der Waals surface area (Å²) in [6.07, 6.45) is 7.20. The molecule has 0 saturated carbocycles. The molecule has 9 heavy (non-hydrogen) atoms. The van der Waals surface area contributed by atoms with Gasteiger partial charge in [-0.25, -0.2) is 0 Å². The van der Waals surface area contributed by atoms with Crippen LogP contribution in [0.15, 0.2) is 17.5 Å². The first kappa shape index (κ1) is 8.21. The lowest BCUT2D eigenvalue weighted by molar-refractivity contribution is 0.269. The summed E-state index contributed by atoms with van der Waals surface area (Å²) in [4.78, 5) is 4.67. The van der Waals surface area contributed by atoms with Crippen LogP contribution in [-0.4, -0.2) is 6.21 Å². The van der Waals surface area contributed by atoms with Gasteiger partial charge in [0.1, 0.15) is 6.26 Å². The van der Waals surface area contributed by atoms with Crippen molar-refractivity contribution in [1.29, 1.82) is 0 Å². The van der Waals surface area contributed by atoms with Gasteiger partial charge in [-0.2, -0.15) is 0 Å². The Morgan fingerprint density at radius 2 is 2.33 bits per heavy atom. The second kappa shape index (κ2) is 7.21. The van der Waals surface area contributed by atoms with Crippen LogP contribution in [0.25, 0.3) is 0 Å². The van der Waals surface area contributed by atoms with E-state index in [-0.39, 0.29) is 0 Å². The second-order valence-corrected chi connectivity index (χ2v) is 1.65. The van der Waals surface area contributed by atoms with Gasteiger partial charge in [-0.15, -0.1) is 0 Å². The fourth-order valence-electron chi connectivity index (χ4n) is 0.321. The Labute approximate surface area is 56.2 Å². The Hall–Kier alpha value is -0.790. The van der Waals surface area contributed by atoms with Gasteiger partial charge in [-0.3, -0.25) is 0 Å². The van der Waals surface area contributed by atoms with Gasteiger partial charge >= 0.3 is 0 Å². The smallest absolute Gasteiger partial charge is 0.117 e. The van der Waals surface area contributed by atoms with E-state index in [0.29, 0.717) is 0 Å². The van der Waals surface area contributed by atoms with Gasteiger partial charge in [0, 0.05) is 6.21 Å². The largest absolute Gasteiger partial charge is 0.366 e. The number of oxime groups is 1. The molecule has 0 aromatic rings. The molecule has 52 valence electrons. The number of hydrogen-bond acceptors (Lipinski definition) is 2. The van der Waals surface area contributed by atoms with Gasteiger partial charge in [0.15, 0.2) is 0 Å². The van der Waals surface area contributed by atoms with E-state index in [2.05, 4.69) is 16.9 Å². The van der Waals surface area contributed by atoms with Crippen LogP contribution in [0, 0.1) is 0 Å². The molecular formula is C7H13NO. The van der Waals surface area contributed by atoms with E-state index < -0.39 is 0 Å². The summed E-state index contributed by atoms with van der Waals surface area (Å²) in [6, 6.07) is 0. The summed E-state index contributed by atoms with van der Waals surface area (Å²) >= 11 is 0. The van der Waals surface area contributed by atoms with E-state index in [0.717, 1.165) is 12.8 Å².